The molecule has 0 radical (unpaired) electrons. The van der Waals surface area contributed by atoms with Crippen molar-refractivity contribution in [2.24, 2.45) is 0 Å². The molecule has 0 aliphatic carbocycles. The molecule has 3 rings (SSSR count). The molecule has 0 spiro atoms. The second-order valence-electron chi connectivity index (χ2n) is 5.47. The number of nitrogen functional groups attached to an aromatic ring is 1. The van der Waals surface area contributed by atoms with Crippen LogP contribution in [0.3, 0.4) is 0 Å². The van der Waals surface area contributed by atoms with E-state index in [2.05, 4.69) is 31.1 Å². The third kappa shape index (κ3) is 5.30. The van der Waals surface area contributed by atoms with Crippen molar-refractivity contribution in [1.29, 1.82) is 0 Å². The number of hydrogen-bond acceptors (Lipinski definition) is 8. The number of amides is 1. The predicted octanol–water partition coefficient (Wildman–Crippen LogP) is 1.59. The quantitative estimate of drug-likeness (QED) is 0.443. The molecule has 1 aromatic carbocycles. The van der Waals surface area contributed by atoms with Crippen LogP contribution < -0.4 is 26.6 Å². The first-order chi connectivity index (χ1) is 13.2. The van der Waals surface area contributed by atoms with Gasteiger partial charge in [0.1, 0.15) is 17.8 Å². The molecular weight excluding hydrogens is 346 g/mol. The number of nitrogens with zero attached hydrogens (tertiary/aromatic N) is 3. The van der Waals surface area contributed by atoms with Crippen LogP contribution in [0.1, 0.15) is 5.56 Å². The number of hydrogen-bond donors (Lipinski definition) is 4. The second kappa shape index (κ2) is 8.99. The molecule has 2 heterocycles. The number of nitrogens with two attached hydrogens (primary N) is 1. The average molecular weight is 365 g/mol. The summed E-state index contributed by atoms with van der Waals surface area (Å²) in [6, 6.07) is 12.8. The first kappa shape index (κ1) is 17.9. The zero-order chi connectivity index (χ0) is 18.9. The zero-order valence-electron chi connectivity index (χ0n) is 14.4. The maximum atomic E-state index is 11.9. The van der Waals surface area contributed by atoms with Gasteiger partial charge in [-0.25, -0.2) is 9.97 Å². The highest BCUT2D eigenvalue weighted by Crippen LogP contribution is 2.22. The molecule has 0 saturated carbocycles. The lowest BCUT2D eigenvalue weighted by Crippen LogP contribution is -2.34. The van der Waals surface area contributed by atoms with E-state index in [1.54, 1.807) is 24.5 Å². The minimum Gasteiger partial charge on any atom is -0.484 e. The van der Waals surface area contributed by atoms with Gasteiger partial charge in [0.05, 0.1) is 0 Å². The van der Waals surface area contributed by atoms with Gasteiger partial charge in [-0.1, -0.05) is 24.3 Å². The van der Waals surface area contributed by atoms with Gasteiger partial charge in [0.2, 0.25) is 0 Å². The number of hydrazine groups is 1. The van der Waals surface area contributed by atoms with E-state index in [4.69, 9.17) is 10.5 Å². The molecule has 0 saturated heterocycles. The summed E-state index contributed by atoms with van der Waals surface area (Å²) in [6.45, 7) is 0.361. The van der Waals surface area contributed by atoms with Crippen LogP contribution in [0.25, 0.3) is 0 Å². The zero-order valence-corrected chi connectivity index (χ0v) is 14.4. The first-order valence-corrected chi connectivity index (χ1v) is 8.18. The van der Waals surface area contributed by atoms with E-state index in [0.717, 1.165) is 5.56 Å². The van der Waals surface area contributed by atoms with E-state index in [1.807, 2.05) is 30.3 Å². The molecule has 2 aromatic heterocycles. The summed E-state index contributed by atoms with van der Waals surface area (Å²) in [7, 11) is 0. The summed E-state index contributed by atoms with van der Waals surface area (Å²) in [5.41, 5.74) is 12.5. The monoisotopic (exact) mass is 365 g/mol. The van der Waals surface area contributed by atoms with E-state index in [9.17, 15) is 4.79 Å². The lowest BCUT2D eigenvalue weighted by Gasteiger charge is -2.13. The van der Waals surface area contributed by atoms with Crippen LogP contribution in [0.5, 0.6) is 5.75 Å². The van der Waals surface area contributed by atoms with E-state index in [-0.39, 0.29) is 24.0 Å². The summed E-state index contributed by atoms with van der Waals surface area (Å²) in [4.78, 5) is 24.1. The van der Waals surface area contributed by atoms with E-state index in [0.29, 0.717) is 18.1 Å². The SMILES string of the molecule is Nc1c(NCc2cccnc2)ncnc1NNC(=O)COc1ccccc1. The van der Waals surface area contributed by atoms with Crippen LogP contribution in [0, 0.1) is 0 Å². The molecule has 0 unspecified atom stereocenters. The van der Waals surface area contributed by atoms with Gasteiger partial charge in [-0.2, -0.15) is 0 Å². The number of carbonyl (C=O) groups is 1. The highest BCUT2D eigenvalue weighted by atomic mass is 16.5. The highest BCUT2D eigenvalue weighted by Gasteiger charge is 2.09. The summed E-state index contributed by atoms with van der Waals surface area (Å²) in [5, 5.41) is 3.11. The maximum Gasteiger partial charge on any atom is 0.276 e. The van der Waals surface area contributed by atoms with Crippen LogP contribution in [-0.4, -0.2) is 27.5 Å². The van der Waals surface area contributed by atoms with Gasteiger partial charge in [0.25, 0.3) is 5.91 Å². The first-order valence-electron chi connectivity index (χ1n) is 8.18. The number of para-hydroxylation sites is 1. The molecular formula is C18H19N7O2. The second-order valence-corrected chi connectivity index (χ2v) is 5.47. The molecule has 0 fully saturated rings. The Labute approximate surface area is 156 Å². The highest BCUT2D eigenvalue weighted by molar-refractivity contribution is 5.81. The molecule has 27 heavy (non-hydrogen) atoms. The van der Waals surface area contributed by atoms with Gasteiger partial charge >= 0.3 is 0 Å². The van der Waals surface area contributed by atoms with Gasteiger partial charge in [-0.05, 0) is 23.8 Å². The molecule has 5 N–H and O–H groups in total. The Morgan fingerprint density at radius 2 is 1.89 bits per heavy atom. The number of rotatable bonds is 8. The average Bonchev–Trinajstić information content (AvgIpc) is 2.72. The van der Waals surface area contributed by atoms with Crippen molar-refractivity contribution < 1.29 is 9.53 Å². The predicted molar refractivity (Wildman–Crippen MR) is 102 cm³/mol. The fourth-order valence-corrected chi connectivity index (χ4v) is 2.16. The smallest absolute Gasteiger partial charge is 0.276 e. The summed E-state index contributed by atoms with van der Waals surface area (Å²) in [5.74, 6) is 0.968. The third-order valence-corrected chi connectivity index (χ3v) is 3.50. The number of benzene rings is 1. The molecule has 0 aliphatic rings. The van der Waals surface area contributed by atoms with Crippen molar-refractivity contribution in [2.75, 3.05) is 23.1 Å². The molecule has 9 nitrogen and oxygen atoms in total. The Kier molecular flexibility index (Phi) is 5.97. The normalized spacial score (nSPS) is 10.1. The molecule has 138 valence electrons. The van der Waals surface area contributed by atoms with E-state index in [1.165, 1.54) is 6.33 Å². The molecule has 1 amide bonds. The number of carbonyl (C=O) groups excluding carboxylic acids is 1. The van der Waals surface area contributed by atoms with Crippen LogP contribution >= 0.6 is 0 Å². The molecule has 3 aromatic rings. The Balaban J connectivity index is 1.51. The number of anilines is 3. The Morgan fingerprint density at radius 3 is 2.67 bits per heavy atom. The summed E-state index contributed by atoms with van der Waals surface area (Å²) < 4.78 is 5.36. The molecule has 9 heteroatoms. The minimum absolute atomic E-state index is 0.145. The lowest BCUT2D eigenvalue weighted by molar-refractivity contribution is -0.122. The van der Waals surface area contributed by atoms with Gasteiger partial charge in [-0.3, -0.25) is 20.6 Å². The van der Waals surface area contributed by atoms with Crippen molar-refractivity contribution in [1.82, 2.24) is 20.4 Å². The van der Waals surface area contributed by atoms with Crippen molar-refractivity contribution in [3.63, 3.8) is 0 Å². The van der Waals surface area contributed by atoms with E-state index >= 15 is 0 Å². The number of ether oxygens (including phenoxy) is 1. The summed E-state index contributed by atoms with van der Waals surface area (Å²) in [6.07, 6.45) is 4.79. The van der Waals surface area contributed by atoms with Crippen molar-refractivity contribution in [2.45, 2.75) is 6.54 Å². The topological polar surface area (TPSA) is 127 Å². The van der Waals surface area contributed by atoms with Gasteiger partial charge in [0, 0.05) is 18.9 Å². The largest absolute Gasteiger partial charge is 0.484 e. The fraction of sp³-hybridized carbons (Fsp3) is 0.111. The molecule has 0 atom stereocenters. The molecule has 0 bridgehead atoms. The van der Waals surface area contributed by atoms with Crippen molar-refractivity contribution in [3.05, 3.63) is 66.7 Å². The van der Waals surface area contributed by atoms with Crippen molar-refractivity contribution >= 4 is 23.2 Å². The van der Waals surface area contributed by atoms with Crippen molar-refractivity contribution in [3.8, 4) is 5.75 Å². The Morgan fingerprint density at radius 1 is 1.07 bits per heavy atom. The summed E-state index contributed by atoms with van der Waals surface area (Å²) >= 11 is 0. The number of nitrogens with one attached hydrogen (secondary N) is 3. The van der Waals surface area contributed by atoms with Crippen LogP contribution in [-0.2, 0) is 11.3 Å². The number of aromatic nitrogens is 3. The maximum absolute atomic E-state index is 11.9. The van der Waals surface area contributed by atoms with Crippen LogP contribution in [0.4, 0.5) is 17.3 Å². The van der Waals surface area contributed by atoms with Gasteiger partial charge < -0.3 is 15.8 Å². The number of pyridine rings is 1. The lowest BCUT2D eigenvalue weighted by atomic mass is 10.3. The third-order valence-electron chi connectivity index (χ3n) is 3.50. The minimum atomic E-state index is -0.373. The standard InChI is InChI=1S/C18H19N7O2/c19-16-17(21-10-13-5-4-8-20-9-13)22-12-23-18(16)25-24-15(26)11-27-14-6-2-1-3-7-14/h1-9,12H,10-11,19H2,(H,24,26)(H2,21,22,23,25). The van der Waals surface area contributed by atoms with E-state index < -0.39 is 0 Å². The Bertz CT molecular complexity index is 875. The fourth-order valence-electron chi connectivity index (χ4n) is 2.16. The van der Waals surface area contributed by atoms with Crippen LogP contribution in [0.15, 0.2) is 61.2 Å². The Hall–Kier alpha value is -3.88. The van der Waals surface area contributed by atoms with Gasteiger partial charge in [-0.15, -0.1) is 0 Å². The van der Waals surface area contributed by atoms with Gasteiger partial charge in [0.15, 0.2) is 18.2 Å². The van der Waals surface area contributed by atoms with Crippen LogP contribution in [0.2, 0.25) is 0 Å². The molecule has 0 aliphatic heterocycles.